The third-order valence-corrected chi connectivity index (χ3v) is 3.97. The number of piperidine rings is 1. The summed E-state index contributed by atoms with van der Waals surface area (Å²) in [7, 11) is 0. The standard InChI is InChI=1S/C13H13BrN2O2/c14-11-3-1-2-10(8-11)13(9-15)4-6-16(7-5-13)12(17)18/h1-3,8H,4-7H2,(H,17,18). The second-order valence-electron chi connectivity index (χ2n) is 4.47. The van der Waals surface area contributed by atoms with E-state index in [1.54, 1.807) is 0 Å². The molecule has 18 heavy (non-hydrogen) atoms. The van der Waals surface area contributed by atoms with E-state index in [4.69, 9.17) is 5.11 Å². The Morgan fingerprint density at radius 1 is 1.44 bits per heavy atom. The maximum atomic E-state index is 10.9. The van der Waals surface area contributed by atoms with Crippen molar-refractivity contribution in [2.24, 2.45) is 0 Å². The number of benzene rings is 1. The van der Waals surface area contributed by atoms with Crippen molar-refractivity contribution >= 4 is 22.0 Å². The van der Waals surface area contributed by atoms with Crippen molar-refractivity contribution in [2.75, 3.05) is 13.1 Å². The highest BCUT2D eigenvalue weighted by atomic mass is 79.9. The molecule has 1 fully saturated rings. The number of hydrogen-bond donors (Lipinski definition) is 1. The topological polar surface area (TPSA) is 64.3 Å². The number of halogens is 1. The van der Waals surface area contributed by atoms with E-state index >= 15 is 0 Å². The molecule has 1 heterocycles. The summed E-state index contributed by atoms with van der Waals surface area (Å²) in [6.45, 7) is 0.824. The third-order valence-electron chi connectivity index (χ3n) is 3.48. The molecule has 2 rings (SSSR count). The first-order valence-electron chi connectivity index (χ1n) is 5.72. The molecule has 94 valence electrons. The highest BCUT2D eigenvalue weighted by molar-refractivity contribution is 9.10. The second kappa shape index (κ2) is 4.99. The SMILES string of the molecule is N#CC1(c2cccc(Br)c2)CCN(C(=O)O)CC1. The van der Waals surface area contributed by atoms with E-state index in [1.165, 1.54) is 4.90 Å². The van der Waals surface area contributed by atoms with Gasteiger partial charge in [-0.25, -0.2) is 4.79 Å². The van der Waals surface area contributed by atoms with Crippen molar-refractivity contribution in [2.45, 2.75) is 18.3 Å². The largest absolute Gasteiger partial charge is 0.465 e. The number of carbonyl (C=O) groups is 1. The number of hydrogen-bond acceptors (Lipinski definition) is 2. The van der Waals surface area contributed by atoms with Crippen LogP contribution in [0.25, 0.3) is 0 Å². The van der Waals surface area contributed by atoms with Crippen LogP contribution in [0.2, 0.25) is 0 Å². The lowest BCUT2D eigenvalue weighted by molar-refractivity contribution is 0.125. The van der Waals surface area contributed by atoms with E-state index in [0.29, 0.717) is 25.9 Å². The van der Waals surface area contributed by atoms with E-state index in [0.717, 1.165) is 10.0 Å². The smallest absolute Gasteiger partial charge is 0.407 e. The summed E-state index contributed by atoms with van der Waals surface area (Å²) in [4.78, 5) is 12.2. The molecular weight excluding hydrogens is 296 g/mol. The Kier molecular flexibility index (Phi) is 3.58. The Labute approximate surface area is 114 Å². The van der Waals surface area contributed by atoms with Gasteiger partial charge in [-0.2, -0.15) is 5.26 Å². The third kappa shape index (κ3) is 2.34. The molecule has 1 aromatic carbocycles. The van der Waals surface area contributed by atoms with Gasteiger partial charge in [0.1, 0.15) is 0 Å². The Hall–Kier alpha value is -1.54. The maximum absolute atomic E-state index is 10.9. The quantitative estimate of drug-likeness (QED) is 0.867. The van der Waals surface area contributed by atoms with E-state index in [9.17, 15) is 10.1 Å². The van der Waals surface area contributed by atoms with Crippen molar-refractivity contribution < 1.29 is 9.90 Å². The molecule has 0 aliphatic carbocycles. The van der Waals surface area contributed by atoms with Crippen LogP contribution in [0.4, 0.5) is 4.79 Å². The summed E-state index contributed by atoms with van der Waals surface area (Å²) in [6.07, 6.45) is 0.189. The fraction of sp³-hybridized carbons (Fsp3) is 0.385. The van der Waals surface area contributed by atoms with Gasteiger partial charge < -0.3 is 10.0 Å². The van der Waals surface area contributed by atoms with Crippen LogP contribution in [0.5, 0.6) is 0 Å². The van der Waals surface area contributed by atoms with Crippen LogP contribution in [0.3, 0.4) is 0 Å². The number of carboxylic acid groups (broad SMARTS) is 1. The van der Waals surface area contributed by atoms with Crippen LogP contribution in [-0.2, 0) is 5.41 Å². The van der Waals surface area contributed by atoms with Crippen molar-refractivity contribution in [3.05, 3.63) is 34.3 Å². The minimum atomic E-state index is -0.907. The number of amides is 1. The molecule has 1 aliphatic rings. The molecule has 1 aliphatic heterocycles. The maximum Gasteiger partial charge on any atom is 0.407 e. The van der Waals surface area contributed by atoms with Gasteiger partial charge in [0, 0.05) is 17.6 Å². The molecule has 1 amide bonds. The zero-order valence-electron chi connectivity index (χ0n) is 9.77. The summed E-state index contributed by atoms with van der Waals surface area (Å²) in [5, 5.41) is 18.4. The first-order chi connectivity index (χ1) is 8.57. The van der Waals surface area contributed by atoms with Gasteiger partial charge in [0.25, 0.3) is 0 Å². The fourth-order valence-corrected chi connectivity index (χ4v) is 2.73. The average Bonchev–Trinajstić information content (AvgIpc) is 2.38. The number of rotatable bonds is 1. The van der Waals surface area contributed by atoms with Gasteiger partial charge in [-0.3, -0.25) is 0 Å². The molecule has 4 nitrogen and oxygen atoms in total. The van der Waals surface area contributed by atoms with Crippen molar-refractivity contribution in [1.29, 1.82) is 5.26 Å². The Morgan fingerprint density at radius 2 is 2.11 bits per heavy atom. The predicted molar refractivity (Wildman–Crippen MR) is 70.3 cm³/mol. The van der Waals surface area contributed by atoms with E-state index in [1.807, 2.05) is 24.3 Å². The van der Waals surface area contributed by atoms with Crippen LogP contribution in [-0.4, -0.2) is 29.2 Å². The van der Waals surface area contributed by atoms with Gasteiger partial charge in [0.15, 0.2) is 0 Å². The van der Waals surface area contributed by atoms with Gasteiger partial charge in [0.2, 0.25) is 0 Å². The van der Waals surface area contributed by atoms with Gasteiger partial charge in [-0.1, -0.05) is 28.1 Å². The van der Waals surface area contributed by atoms with Gasteiger partial charge in [-0.05, 0) is 30.5 Å². The Bertz CT molecular complexity index is 502. The molecular formula is C13H13BrN2O2. The zero-order chi connectivity index (χ0) is 13.2. The van der Waals surface area contributed by atoms with Crippen LogP contribution in [0, 0.1) is 11.3 Å². The molecule has 0 spiro atoms. The first-order valence-corrected chi connectivity index (χ1v) is 6.52. The zero-order valence-corrected chi connectivity index (χ0v) is 11.4. The molecule has 0 atom stereocenters. The van der Waals surface area contributed by atoms with Gasteiger partial charge >= 0.3 is 6.09 Å². The van der Waals surface area contributed by atoms with Crippen molar-refractivity contribution in [1.82, 2.24) is 4.90 Å². The lowest BCUT2D eigenvalue weighted by Gasteiger charge is -2.36. The molecule has 1 N–H and O–H groups in total. The Morgan fingerprint density at radius 3 is 2.61 bits per heavy atom. The van der Waals surface area contributed by atoms with E-state index < -0.39 is 11.5 Å². The molecule has 0 radical (unpaired) electrons. The minimum absolute atomic E-state index is 0.412. The van der Waals surface area contributed by atoms with Gasteiger partial charge in [0.05, 0.1) is 11.5 Å². The highest BCUT2D eigenvalue weighted by Gasteiger charge is 2.37. The summed E-state index contributed by atoms with van der Waals surface area (Å²) in [5.74, 6) is 0. The molecule has 0 aromatic heterocycles. The monoisotopic (exact) mass is 308 g/mol. The predicted octanol–water partition coefficient (Wildman–Crippen LogP) is 2.98. The molecule has 0 saturated carbocycles. The lowest BCUT2D eigenvalue weighted by atomic mass is 9.74. The van der Waals surface area contributed by atoms with Crippen molar-refractivity contribution in [3.8, 4) is 6.07 Å². The number of nitrogens with zero attached hydrogens (tertiary/aromatic N) is 2. The van der Waals surface area contributed by atoms with E-state index in [-0.39, 0.29) is 0 Å². The summed E-state index contributed by atoms with van der Waals surface area (Å²) < 4.78 is 0.940. The van der Waals surface area contributed by atoms with Crippen molar-refractivity contribution in [3.63, 3.8) is 0 Å². The molecule has 0 bridgehead atoms. The molecule has 1 saturated heterocycles. The molecule has 5 heteroatoms. The molecule has 1 aromatic rings. The summed E-state index contributed by atoms with van der Waals surface area (Å²) in [6, 6.07) is 10.1. The first kappa shape index (κ1) is 12.9. The summed E-state index contributed by atoms with van der Waals surface area (Å²) in [5.41, 5.74) is 0.403. The highest BCUT2D eigenvalue weighted by Crippen LogP contribution is 2.35. The van der Waals surface area contributed by atoms with Gasteiger partial charge in [-0.15, -0.1) is 0 Å². The number of likely N-dealkylation sites (tertiary alicyclic amines) is 1. The van der Waals surface area contributed by atoms with Crippen LogP contribution < -0.4 is 0 Å². The normalized spacial score (nSPS) is 18.1. The Balaban J connectivity index is 2.25. The average molecular weight is 309 g/mol. The van der Waals surface area contributed by atoms with Crippen LogP contribution in [0.15, 0.2) is 28.7 Å². The molecule has 0 unspecified atom stereocenters. The van der Waals surface area contributed by atoms with Crippen LogP contribution >= 0.6 is 15.9 Å². The van der Waals surface area contributed by atoms with E-state index in [2.05, 4.69) is 22.0 Å². The fourth-order valence-electron chi connectivity index (χ4n) is 2.33. The summed E-state index contributed by atoms with van der Waals surface area (Å²) >= 11 is 3.40. The lowest BCUT2D eigenvalue weighted by Crippen LogP contribution is -2.44. The number of nitriles is 1. The second-order valence-corrected chi connectivity index (χ2v) is 5.39. The van der Waals surface area contributed by atoms with Crippen LogP contribution in [0.1, 0.15) is 18.4 Å². The minimum Gasteiger partial charge on any atom is -0.465 e.